The normalized spacial score (nSPS) is 18.2. The molecule has 0 spiro atoms. The van der Waals surface area contributed by atoms with Crippen molar-refractivity contribution in [1.29, 1.82) is 0 Å². The number of hydrogen-bond donors (Lipinski definition) is 0. The van der Waals surface area contributed by atoms with Gasteiger partial charge in [0.15, 0.2) is 5.76 Å². The van der Waals surface area contributed by atoms with Gasteiger partial charge >= 0.3 is 0 Å². The standard InChI is InChI=1S/C19H21N3O3/c23-19(18-8-7-15(25-18)13-21-11-9-20-14-21)22-10-3-1-2-5-16(22)17-6-4-12-24-17/h4,6-9,11-12,14,16H,1-3,5,10,13H2/t16-/m1/s1. The van der Waals surface area contributed by atoms with E-state index in [1.165, 1.54) is 0 Å². The van der Waals surface area contributed by atoms with Crippen LogP contribution in [0.2, 0.25) is 0 Å². The lowest BCUT2D eigenvalue weighted by atomic mass is 10.1. The summed E-state index contributed by atoms with van der Waals surface area (Å²) in [6, 6.07) is 7.42. The van der Waals surface area contributed by atoms with Crippen LogP contribution >= 0.6 is 0 Å². The van der Waals surface area contributed by atoms with E-state index in [1.807, 2.05) is 33.9 Å². The Bertz CT molecular complexity index is 805. The number of rotatable bonds is 4. The third-order valence-electron chi connectivity index (χ3n) is 4.66. The summed E-state index contributed by atoms with van der Waals surface area (Å²) in [5, 5.41) is 0. The largest absolute Gasteiger partial charge is 0.467 e. The number of hydrogen-bond acceptors (Lipinski definition) is 4. The van der Waals surface area contributed by atoms with Crippen LogP contribution in [0.3, 0.4) is 0 Å². The van der Waals surface area contributed by atoms with Gasteiger partial charge in [-0.05, 0) is 37.1 Å². The Hall–Kier alpha value is -2.76. The van der Waals surface area contributed by atoms with Gasteiger partial charge in [-0.25, -0.2) is 4.98 Å². The van der Waals surface area contributed by atoms with Crippen LogP contribution in [-0.2, 0) is 6.54 Å². The average molecular weight is 339 g/mol. The van der Waals surface area contributed by atoms with E-state index < -0.39 is 0 Å². The summed E-state index contributed by atoms with van der Waals surface area (Å²) >= 11 is 0. The van der Waals surface area contributed by atoms with Gasteiger partial charge in [-0.3, -0.25) is 4.79 Å². The first kappa shape index (κ1) is 15.7. The minimum atomic E-state index is -0.0693. The molecule has 3 aromatic rings. The number of furan rings is 2. The highest BCUT2D eigenvalue weighted by atomic mass is 16.4. The van der Waals surface area contributed by atoms with Gasteiger partial charge in [-0.1, -0.05) is 12.8 Å². The van der Waals surface area contributed by atoms with Gasteiger partial charge in [0, 0.05) is 18.9 Å². The van der Waals surface area contributed by atoms with Crippen LogP contribution in [0.25, 0.3) is 0 Å². The topological polar surface area (TPSA) is 64.4 Å². The molecular weight excluding hydrogens is 318 g/mol. The van der Waals surface area contributed by atoms with E-state index in [4.69, 9.17) is 8.83 Å². The third kappa shape index (κ3) is 3.38. The molecule has 0 saturated carbocycles. The van der Waals surface area contributed by atoms with Gasteiger partial charge in [-0.15, -0.1) is 0 Å². The summed E-state index contributed by atoms with van der Waals surface area (Å²) in [4.78, 5) is 19.0. The molecule has 1 fully saturated rings. The van der Waals surface area contributed by atoms with E-state index in [1.54, 1.807) is 24.9 Å². The van der Waals surface area contributed by atoms with E-state index in [0.717, 1.165) is 43.7 Å². The molecule has 3 aromatic heterocycles. The van der Waals surface area contributed by atoms with Crippen LogP contribution in [-0.4, -0.2) is 26.9 Å². The number of imidazole rings is 1. The van der Waals surface area contributed by atoms with Crippen LogP contribution in [0, 0.1) is 0 Å². The fourth-order valence-corrected chi connectivity index (χ4v) is 3.41. The van der Waals surface area contributed by atoms with Crippen LogP contribution in [0.1, 0.15) is 53.8 Å². The van der Waals surface area contributed by atoms with Crippen molar-refractivity contribution in [2.24, 2.45) is 0 Å². The van der Waals surface area contributed by atoms with E-state index in [9.17, 15) is 4.79 Å². The van der Waals surface area contributed by atoms with E-state index in [2.05, 4.69) is 4.98 Å². The maximum atomic E-state index is 13.0. The van der Waals surface area contributed by atoms with Gasteiger partial charge in [0.1, 0.15) is 11.5 Å². The lowest BCUT2D eigenvalue weighted by Crippen LogP contribution is -2.34. The molecular formula is C19H21N3O3. The van der Waals surface area contributed by atoms with Crippen LogP contribution in [0.4, 0.5) is 0 Å². The number of likely N-dealkylation sites (tertiary alicyclic amines) is 1. The first-order valence-electron chi connectivity index (χ1n) is 8.70. The van der Waals surface area contributed by atoms with Gasteiger partial charge in [0.05, 0.1) is 25.2 Å². The second kappa shape index (κ2) is 7.01. The first-order chi connectivity index (χ1) is 12.3. The second-order valence-corrected chi connectivity index (χ2v) is 6.38. The molecule has 1 aliphatic heterocycles. The molecule has 6 nitrogen and oxygen atoms in total. The molecule has 1 aliphatic rings. The number of amides is 1. The van der Waals surface area contributed by atoms with E-state index in [0.29, 0.717) is 12.3 Å². The highest BCUT2D eigenvalue weighted by Crippen LogP contribution is 2.31. The summed E-state index contributed by atoms with van der Waals surface area (Å²) in [7, 11) is 0. The molecule has 4 heterocycles. The van der Waals surface area contributed by atoms with Crippen molar-refractivity contribution in [3.05, 3.63) is 66.5 Å². The molecule has 0 unspecified atom stereocenters. The van der Waals surface area contributed by atoms with Crippen molar-refractivity contribution in [3.63, 3.8) is 0 Å². The fraction of sp³-hybridized carbons (Fsp3) is 0.368. The molecule has 0 bridgehead atoms. The maximum Gasteiger partial charge on any atom is 0.290 e. The highest BCUT2D eigenvalue weighted by molar-refractivity contribution is 5.91. The zero-order valence-corrected chi connectivity index (χ0v) is 14.0. The second-order valence-electron chi connectivity index (χ2n) is 6.38. The molecule has 130 valence electrons. The smallest absolute Gasteiger partial charge is 0.290 e. The minimum Gasteiger partial charge on any atom is -0.467 e. The van der Waals surface area contributed by atoms with Crippen LogP contribution in [0.15, 0.2) is 58.1 Å². The van der Waals surface area contributed by atoms with E-state index in [-0.39, 0.29) is 11.9 Å². The zero-order chi connectivity index (χ0) is 17.1. The Morgan fingerprint density at radius 1 is 1.24 bits per heavy atom. The highest BCUT2D eigenvalue weighted by Gasteiger charge is 2.30. The van der Waals surface area contributed by atoms with Crippen LogP contribution < -0.4 is 0 Å². The van der Waals surface area contributed by atoms with Gasteiger partial charge < -0.3 is 18.3 Å². The fourth-order valence-electron chi connectivity index (χ4n) is 3.41. The van der Waals surface area contributed by atoms with Crippen molar-refractivity contribution in [3.8, 4) is 0 Å². The molecule has 1 saturated heterocycles. The van der Waals surface area contributed by atoms with Gasteiger partial charge in [0.2, 0.25) is 0 Å². The van der Waals surface area contributed by atoms with Crippen molar-refractivity contribution in [2.45, 2.75) is 38.3 Å². The van der Waals surface area contributed by atoms with Crippen LogP contribution in [0.5, 0.6) is 0 Å². The van der Waals surface area contributed by atoms with Gasteiger partial charge in [0.25, 0.3) is 5.91 Å². The van der Waals surface area contributed by atoms with Crippen molar-refractivity contribution in [2.75, 3.05) is 6.54 Å². The summed E-state index contributed by atoms with van der Waals surface area (Å²) in [6.45, 7) is 1.29. The predicted octanol–water partition coefficient (Wildman–Crippen LogP) is 3.87. The summed E-state index contributed by atoms with van der Waals surface area (Å²) in [6.07, 6.45) is 11.1. The Kier molecular flexibility index (Phi) is 4.41. The van der Waals surface area contributed by atoms with E-state index >= 15 is 0 Å². The zero-order valence-electron chi connectivity index (χ0n) is 14.0. The molecule has 1 atom stereocenters. The third-order valence-corrected chi connectivity index (χ3v) is 4.66. The Labute approximate surface area is 146 Å². The van der Waals surface area contributed by atoms with Crippen molar-refractivity contribution in [1.82, 2.24) is 14.5 Å². The van der Waals surface area contributed by atoms with Crippen molar-refractivity contribution >= 4 is 5.91 Å². The monoisotopic (exact) mass is 339 g/mol. The Morgan fingerprint density at radius 3 is 3.00 bits per heavy atom. The number of carbonyl (C=O) groups is 1. The lowest BCUT2D eigenvalue weighted by molar-refractivity contribution is 0.0624. The number of nitrogens with zero attached hydrogens (tertiary/aromatic N) is 3. The lowest BCUT2D eigenvalue weighted by Gasteiger charge is -2.27. The summed E-state index contributed by atoms with van der Waals surface area (Å²) in [5.41, 5.74) is 0. The molecule has 25 heavy (non-hydrogen) atoms. The average Bonchev–Trinajstić information content (AvgIpc) is 3.36. The summed E-state index contributed by atoms with van der Waals surface area (Å²) in [5.74, 6) is 1.90. The molecule has 4 rings (SSSR count). The minimum absolute atomic E-state index is 0.0211. The quantitative estimate of drug-likeness (QED) is 0.724. The molecule has 0 N–H and O–H groups in total. The summed E-state index contributed by atoms with van der Waals surface area (Å²) < 4.78 is 13.3. The maximum absolute atomic E-state index is 13.0. The predicted molar refractivity (Wildman–Crippen MR) is 91.0 cm³/mol. The number of aromatic nitrogens is 2. The Morgan fingerprint density at radius 2 is 2.20 bits per heavy atom. The molecule has 0 aromatic carbocycles. The SMILES string of the molecule is O=C(c1ccc(Cn2ccnc2)o1)N1CCCCC[C@@H]1c1ccco1. The molecule has 0 radical (unpaired) electrons. The van der Waals surface area contributed by atoms with Crippen molar-refractivity contribution < 1.29 is 13.6 Å². The Balaban J connectivity index is 1.54. The number of carbonyl (C=O) groups excluding carboxylic acids is 1. The van der Waals surface area contributed by atoms with Gasteiger partial charge in [-0.2, -0.15) is 0 Å². The first-order valence-corrected chi connectivity index (χ1v) is 8.70. The molecule has 0 aliphatic carbocycles. The molecule has 6 heteroatoms. The molecule has 1 amide bonds.